The van der Waals surface area contributed by atoms with Gasteiger partial charge in [0, 0.05) is 18.4 Å². The average molecular weight is 215 g/mol. The molecule has 0 fully saturated rings. The number of fused-ring (bicyclic) bond motifs is 1. The van der Waals surface area contributed by atoms with Gasteiger partial charge in [0.1, 0.15) is 0 Å². The zero-order valence-electron chi connectivity index (χ0n) is 10.6. The number of hydrogen-bond donors (Lipinski definition) is 0. The van der Waals surface area contributed by atoms with Gasteiger partial charge in [-0.15, -0.1) is 0 Å². The highest BCUT2D eigenvalue weighted by Crippen LogP contribution is 2.33. The standard InChI is InChI=1S/C15H21N/c1-4-5-8-13-11-14-9-6-7-10-15(14)16(3)12(13)2/h6-7,10-11H,4-5,8-9H2,1-3H3. The molecule has 0 aromatic carbocycles. The summed E-state index contributed by atoms with van der Waals surface area (Å²) >= 11 is 0. The van der Waals surface area contributed by atoms with Crippen LogP contribution >= 0.6 is 0 Å². The van der Waals surface area contributed by atoms with Crippen LogP contribution in [0, 0.1) is 0 Å². The Morgan fingerprint density at radius 1 is 1.38 bits per heavy atom. The van der Waals surface area contributed by atoms with Gasteiger partial charge in [-0.05, 0) is 43.4 Å². The molecule has 1 aliphatic carbocycles. The van der Waals surface area contributed by atoms with E-state index in [1.54, 1.807) is 0 Å². The molecule has 16 heavy (non-hydrogen) atoms. The Kier molecular flexibility index (Phi) is 3.33. The molecule has 1 nitrogen and oxygen atoms in total. The number of allylic oxidation sites excluding steroid dienone is 7. The van der Waals surface area contributed by atoms with Crippen LogP contribution in [-0.2, 0) is 0 Å². The zero-order valence-corrected chi connectivity index (χ0v) is 10.6. The largest absolute Gasteiger partial charge is 0.348 e. The van der Waals surface area contributed by atoms with Crippen molar-refractivity contribution in [3.63, 3.8) is 0 Å². The Balaban J connectivity index is 2.27. The summed E-state index contributed by atoms with van der Waals surface area (Å²) in [4.78, 5) is 2.34. The normalized spacial score (nSPS) is 19.6. The van der Waals surface area contributed by atoms with Crippen molar-refractivity contribution in [2.45, 2.75) is 39.5 Å². The third-order valence-electron chi connectivity index (χ3n) is 3.53. The minimum Gasteiger partial charge on any atom is -0.348 e. The van der Waals surface area contributed by atoms with Gasteiger partial charge in [-0.3, -0.25) is 0 Å². The van der Waals surface area contributed by atoms with E-state index >= 15 is 0 Å². The molecular formula is C15H21N. The molecule has 2 aliphatic rings. The van der Waals surface area contributed by atoms with E-state index in [2.05, 4.69) is 50.1 Å². The van der Waals surface area contributed by atoms with E-state index in [1.807, 2.05) is 0 Å². The maximum Gasteiger partial charge on any atom is 0.0441 e. The molecular weight excluding hydrogens is 194 g/mol. The van der Waals surface area contributed by atoms with E-state index in [0.717, 1.165) is 6.42 Å². The van der Waals surface area contributed by atoms with Crippen LogP contribution in [-0.4, -0.2) is 11.9 Å². The van der Waals surface area contributed by atoms with Gasteiger partial charge >= 0.3 is 0 Å². The van der Waals surface area contributed by atoms with Crippen LogP contribution in [0.4, 0.5) is 0 Å². The van der Waals surface area contributed by atoms with Crippen molar-refractivity contribution in [3.05, 3.63) is 46.8 Å². The lowest BCUT2D eigenvalue weighted by atomic mass is 9.93. The SMILES string of the molecule is CCCCC1=C(C)N(C)C2=CC=CCC2=C1. The maximum absolute atomic E-state index is 2.40. The highest BCUT2D eigenvalue weighted by atomic mass is 15.1. The minimum absolute atomic E-state index is 1.08. The predicted molar refractivity (Wildman–Crippen MR) is 69.9 cm³/mol. The van der Waals surface area contributed by atoms with Crippen molar-refractivity contribution in [1.82, 2.24) is 4.90 Å². The Hall–Kier alpha value is -1.24. The molecule has 0 amide bonds. The molecule has 1 aliphatic heterocycles. The van der Waals surface area contributed by atoms with Gasteiger partial charge in [-0.25, -0.2) is 0 Å². The number of unbranched alkanes of at least 4 members (excludes halogenated alkanes) is 1. The van der Waals surface area contributed by atoms with Crippen molar-refractivity contribution in [1.29, 1.82) is 0 Å². The third-order valence-corrected chi connectivity index (χ3v) is 3.53. The van der Waals surface area contributed by atoms with E-state index in [9.17, 15) is 0 Å². The smallest absolute Gasteiger partial charge is 0.0441 e. The summed E-state index contributed by atoms with van der Waals surface area (Å²) in [6.45, 7) is 4.49. The Morgan fingerprint density at radius 3 is 2.94 bits per heavy atom. The molecule has 0 saturated heterocycles. The molecule has 0 bridgehead atoms. The molecule has 1 heterocycles. The summed E-state index contributed by atoms with van der Waals surface area (Å²) in [5.74, 6) is 0. The van der Waals surface area contributed by atoms with E-state index in [-0.39, 0.29) is 0 Å². The molecule has 2 rings (SSSR count). The van der Waals surface area contributed by atoms with Gasteiger partial charge in [0.05, 0.1) is 0 Å². The van der Waals surface area contributed by atoms with Gasteiger partial charge in [0.2, 0.25) is 0 Å². The summed E-state index contributed by atoms with van der Waals surface area (Å²) in [5.41, 5.74) is 5.78. The Labute approximate surface area is 98.8 Å². The molecule has 0 aromatic heterocycles. The van der Waals surface area contributed by atoms with Crippen LogP contribution in [0.2, 0.25) is 0 Å². The number of likely N-dealkylation sites (N-methyl/N-ethyl adjacent to an activating group) is 1. The van der Waals surface area contributed by atoms with Crippen LogP contribution in [0.3, 0.4) is 0 Å². The number of nitrogens with zero attached hydrogens (tertiary/aromatic N) is 1. The third kappa shape index (κ3) is 1.99. The van der Waals surface area contributed by atoms with Gasteiger partial charge in [-0.1, -0.05) is 31.6 Å². The van der Waals surface area contributed by atoms with Crippen molar-refractivity contribution in [2.24, 2.45) is 0 Å². The molecule has 0 aromatic rings. The number of hydrogen-bond acceptors (Lipinski definition) is 1. The summed E-state index contributed by atoms with van der Waals surface area (Å²) in [6.07, 6.45) is 13.9. The summed E-state index contributed by atoms with van der Waals surface area (Å²) in [5, 5.41) is 0. The molecule has 0 N–H and O–H groups in total. The van der Waals surface area contributed by atoms with Gasteiger partial charge in [0.15, 0.2) is 0 Å². The topological polar surface area (TPSA) is 3.24 Å². The fourth-order valence-corrected chi connectivity index (χ4v) is 2.36. The van der Waals surface area contributed by atoms with Crippen LogP contribution in [0.25, 0.3) is 0 Å². The highest BCUT2D eigenvalue weighted by Gasteiger charge is 2.19. The van der Waals surface area contributed by atoms with Crippen molar-refractivity contribution < 1.29 is 0 Å². The van der Waals surface area contributed by atoms with Crippen LogP contribution in [0.15, 0.2) is 46.8 Å². The lowest BCUT2D eigenvalue weighted by Crippen LogP contribution is -2.22. The molecule has 86 valence electrons. The van der Waals surface area contributed by atoms with Gasteiger partial charge in [-0.2, -0.15) is 0 Å². The summed E-state index contributed by atoms with van der Waals surface area (Å²) in [7, 11) is 2.18. The van der Waals surface area contributed by atoms with E-state index in [1.165, 1.54) is 41.8 Å². The van der Waals surface area contributed by atoms with Gasteiger partial charge in [0.25, 0.3) is 0 Å². The fourth-order valence-electron chi connectivity index (χ4n) is 2.36. The summed E-state index contributed by atoms with van der Waals surface area (Å²) < 4.78 is 0. The summed E-state index contributed by atoms with van der Waals surface area (Å²) in [6, 6.07) is 0. The second kappa shape index (κ2) is 4.73. The Bertz CT molecular complexity index is 394. The maximum atomic E-state index is 2.40. The van der Waals surface area contributed by atoms with Crippen molar-refractivity contribution >= 4 is 0 Å². The van der Waals surface area contributed by atoms with E-state index < -0.39 is 0 Å². The first-order chi connectivity index (χ1) is 7.74. The molecule has 0 saturated carbocycles. The quantitative estimate of drug-likeness (QED) is 0.683. The minimum atomic E-state index is 1.08. The molecule has 0 unspecified atom stereocenters. The lowest BCUT2D eigenvalue weighted by molar-refractivity contribution is 0.507. The van der Waals surface area contributed by atoms with E-state index in [4.69, 9.17) is 0 Å². The van der Waals surface area contributed by atoms with Gasteiger partial charge < -0.3 is 4.90 Å². The monoisotopic (exact) mass is 215 g/mol. The van der Waals surface area contributed by atoms with Crippen molar-refractivity contribution in [3.8, 4) is 0 Å². The average Bonchev–Trinajstić information content (AvgIpc) is 2.32. The lowest BCUT2D eigenvalue weighted by Gasteiger charge is -2.32. The van der Waals surface area contributed by atoms with Crippen LogP contribution in [0.1, 0.15) is 39.5 Å². The molecule has 0 atom stereocenters. The zero-order chi connectivity index (χ0) is 11.5. The second-order valence-corrected chi connectivity index (χ2v) is 4.63. The highest BCUT2D eigenvalue weighted by molar-refractivity contribution is 5.48. The Morgan fingerprint density at radius 2 is 2.19 bits per heavy atom. The first-order valence-corrected chi connectivity index (χ1v) is 6.25. The molecule has 1 heteroatoms. The first-order valence-electron chi connectivity index (χ1n) is 6.25. The first kappa shape index (κ1) is 11.3. The number of rotatable bonds is 3. The molecule has 0 radical (unpaired) electrons. The van der Waals surface area contributed by atoms with Crippen LogP contribution < -0.4 is 0 Å². The second-order valence-electron chi connectivity index (χ2n) is 4.63. The van der Waals surface area contributed by atoms with E-state index in [0.29, 0.717) is 0 Å². The van der Waals surface area contributed by atoms with Crippen LogP contribution in [0.5, 0.6) is 0 Å². The predicted octanol–water partition coefficient (Wildman–Crippen LogP) is 4.17. The molecule has 0 spiro atoms. The fraction of sp³-hybridized carbons (Fsp3) is 0.467. The van der Waals surface area contributed by atoms with Crippen molar-refractivity contribution in [2.75, 3.05) is 7.05 Å².